The molecular weight excluding hydrogens is 182 g/mol. The van der Waals surface area contributed by atoms with Gasteiger partial charge in [0.05, 0.1) is 18.8 Å². The Bertz CT molecular complexity index is 194. The van der Waals surface area contributed by atoms with Gasteiger partial charge in [0, 0.05) is 13.0 Å². The van der Waals surface area contributed by atoms with Gasteiger partial charge >= 0.3 is 0 Å². The summed E-state index contributed by atoms with van der Waals surface area (Å²) in [4.78, 5) is 13.4. The van der Waals surface area contributed by atoms with E-state index in [-0.39, 0.29) is 18.6 Å². The molecule has 1 rings (SSSR count). The first-order chi connectivity index (χ1) is 6.65. The summed E-state index contributed by atoms with van der Waals surface area (Å²) in [7, 11) is 0. The quantitative estimate of drug-likeness (QED) is 0.679. The maximum Gasteiger partial charge on any atom is 0.222 e. The highest BCUT2D eigenvalue weighted by Gasteiger charge is 2.27. The predicted octanol–water partition coefficient (Wildman–Crippen LogP) is 0.131. The molecule has 2 atom stereocenters. The number of carbonyl (C=O) groups is 1. The molecule has 0 saturated carbocycles. The molecule has 0 aromatic heterocycles. The molecule has 0 radical (unpaired) electrons. The highest BCUT2D eigenvalue weighted by Crippen LogP contribution is 2.18. The first-order valence-electron chi connectivity index (χ1n) is 5.23. The van der Waals surface area contributed by atoms with Gasteiger partial charge in [0.25, 0.3) is 0 Å². The van der Waals surface area contributed by atoms with Gasteiger partial charge in [-0.25, -0.2) is 0 Å². The summed E-state index contributed by atoms with van der Waals surface area (Å²) in [6.07, 6.45) is 2.35. The van der Waals surface area contributed by atoms with Gasteiger partial charge < -0.3 is 15.1 Å². The van der Waals surface area contributed by atoms with Crippen molar-refractivity contribution in [2.24, 2.45) is 0 Å². The Morgan fingerprint density at radius 2 is 2.36 bits per heavy atom. The van der Waals surface area contributed by atoms with Gasteiger partial charge in [0.2, 0.25) is 5.91 Å². The van der Waals surface area contributed by atoms with Crippen molar-refractivity contribution in [2.45, 2.75) is 44.8 Å². The molecule has 1 saturated heterocycles. The molecule has 0 aromatic rings. The molecule has 1 fully saturated rings. The second-order valence-electron chi connectivity index (χ2n) is 3.95. The third-order valence-electron chi connectivity index (χ3n) is 2.68. The zero-order valence-electron chi connectivity index (χ0n) is 8.65. The molecule has 82 valence electrons. The van der Waals surface area contributed by atoms with Crippen molar-refractivity contribution in [3.8, 4) is 0 Å². The van der Waals surface area contributed by atoms with Crippen LogP contribution in [0.2, 0.25) is 0 Å². The van der Waals surface area contributed by atoms with Crippen LogP contribution in [0.15, 0.2) is 0 Å². The normalized spacial score (nSPS) is 23.9. The Hall–Kier alpha value is -0.610. The number of carbonyl (C=O) groups excluding carboxylic acids is 1. The minimum atomic E-state index is -0.422. The van der Waals surface area contributed by atoms with Crippen LogP contribution in [0.1, 0.15) is 32.6 Å². The van der Waals surface area contributed by atoms with E-state index in [4.69, 9.17) is 10.2 Å². The number of aliphatic hydroxyl groups is 2. The molecule has 0 aliphatic carbocycles. The van der Waals surface area contributed by atoms with Crippen LogP contribution < -0.4 is 0 Å². The van der Waals surface area contributed by atoms with Crippen molar-refractivity contribution in [2.75, 3.05) is 13.2 Å². The van der Waals surface area contributed by atoms with Crippen LogP contribution in [-0.4, -0.2) is 46.3 Å². The first-order valence-corrected chi connectivity index (χ1v) is 5.23. The predicted molar refractivity (Wildman–Crippen MR) is 52.7 cm³/mol. The third kappa shape index (κ3) is 2.96. The Labute approximate surface area is 84.5 Å². The Morgan fingerprint density at radius 1 is 1.64 bits per heavy atom. The summed E-state index contributed by atoms with van der Waals surface area (Å²) in [6.45, 7) is 2.49. The van der Waals surface area contributed by atoms with Crippen molar-refractivity contribution < 1.29 is 15.0 Å². The largest absolute Gasteiger partial charge is 0.394 e. The van der Waals surface area contributed by atoms with Gasteiger partial charge in [-0.3, -0.25) is 4.79 Å². The molecule has 14 heavy (non-hydrogen) atoms. The van der Waals surface area contributed by atoms with Crippen LogP contribution in [0, 0.1) is 0 Å². The summed E-state index contributed by atoms with van der Waals surface area (Å²) in [5.41, 5.74) is 0. The van der Waals surface area contributed by atoms with Crippen LogP contribution in [-0.2, 0) is 4.79 Å². The van der Waals surface area contributed by atoms with Crippen LogP contribution in [0.25, 0.3) is 0 Å². The zero-order chi connectivity index (χ0) is 10.6. The Kier molecular flexibility index (Phi) is 4.35. The smallest absolute Gasteiger partial charge is 0.222 e. The molecule has 4 nitrogen and oxygen atoms in total. The SMILES string of the molecule is CC(O)CCC(=O)N1CCC[C@H]1CO. The third-order valence-corrected chi connectivity index (χ3v) is 2.68. The van der Waals surface area contributed by atoms with Gasteiger partial charge in [-0.2, -0.15) is 0 Å². The second-order valence-corrected chi connectivity index (χ2v) is 3.95. The van der Waals surface area contributed by atoms with E-state index in [1.54, 1.807) is 11.8 Å². The lowest BCUT2D eigenvalue weighted by molar-refractivity contribution is -0.133. The number of hydrogen-bond donors (Lipinski definition) is 2. The van der Waals surface area contributed by atoms with Crippen LogP contribution in [0.4, 0.5) is 0 Å². The molecule has 1 aliphatic rings. The second kappa shape index (κ2) is 5.32. The number of hydrogen-bond acceptors (Lipinski definition) is 3. The van der Waals surface area contributed by atoms with E-state index in [2.05, 4.69) is 0 Å². The van der Waals surface area contributed by atoms with Crippen molar-refractivity contribution >= 4 is 5.91 Å². The van der Waals surface area contributed by atoms with Gasteiger partial charge in [-0.15, -0.1) is 0 Å². The summed E-state index contributed by atoms with van der Waals surface area (Å²) >= 11 is 0. The Morgan fingerprint density at radius 3 is 2.93 bits per heavy atom. The molecular formula is C10H19NO3. The topological polar surface area (TPSA) is 60.8 Å². The molecule has 4 heteroatoms. The van der Waals surface area contributed by atoms with E-state index >= 15 is 0 Å². The molecule has 1 unspecified atom stereocenters. The fraction of sp³-hybridized carbons (Fsp3) is 0.900. The lowest BCUT2D eigenvalue weighted by Gasteiger charge is -2.23. The summed E-state index contributed by atoms with van der Waals surface area (Å²) in [5.74, 6) is 0.0578. The number of amides is 1. The van der Waals surface area contributed by atoms with E-state index in [1.807, 2.05) is 0 Å². The van der Waals surface area contributed by atoms with E-state index < -0.39 is 6.10 Å². The standard InChI is InChI=1S/C10H19NO3/c1-8(13)4-5-10(14)11-6-2-3-9(11)7-12/h8-9,12-13H,2-7H2,1H3/t8?,9-/m0/s1. The molecule has 0 aromatic carbocycles. The van der Waals surface area contributed by atoms with Crippen molar-refractivity contribution in [1.82, 2.24) is 4.90 Å². The Balaban J connectivity index is 2.35. The molecule has 2 N–H and O–H groups in total. The average molecular weight is 201 g/mol. The summed E-state index contributed by atoms with van der Waals surface area (Å²) in [6, 6.07) is 0.0106. The minimum absolute atomic E-state index is 0.0106. The highest BCUT2D eigenvalue weighted by atomic mass is 16.3. The van der Waals surface area contributed by atoms with Gasteiger partial charge in [-0.1, -0.05) is 0 Å². The van der Waals surface area contributed by atoms with E-state index in [9.17, 15) is 4.79 Å². The molecule has 1 aliphatic heterocycles. The average Bonchev–Trinajstić information content (AvgIpc) is 2.61. The molecule has 1 amide bonds. The minimum Gasteiger partial charge on any atom is -0.394 e. The number of likely N-dealkylation sites (tertiary alicyclic amines) is 1. The number of rotatable bonds is 4. The molecule has 1 heterocycles. The fourth-order valence-corrected chi connectivity index (χ4v) is 1.83. The number of aliphatic hydroxyl groups excluding tert-OH is 2. The first kappa shape index (κ1) is 11.5. The van der Waals surface area contributed by atoms with Gasteiger partial charge in [0.15, 0.2) is 0 Å². The van der Waals surface area contributed by atoms with Crippen LogP contribution in [0.5, 0.6) is 0 Å². The summed E-state index contributed by atoms with van der Waals surface area (Å²) in [5, 5.41) is 18.1. The highest BCUT2D eigenvalue weighted by molar-refractivity contribution is 5.76. The number of nitrogens with zero attached hydrogens (tertiary/aromatic N) is 1. The summed E-state index contributed by atoms with van der Waals surface area (Å²) < 4.78 is 0. The van der Waals surface area contributed by atoms with E-state index in [0.29, 0.717) is 12.8 Å². The maximum atomic E-state index is 11.6. The fourth-order valence-electron chi connectivity index (χ4n) is 1.83. The van der Waals surface area contributed by atoms with Crippen molar-refractivity contribution in [3.63, 3.8) is 0 Å². The lowest BCUT2D eigenvalue weighted by atomic mass is 10.2. The molecule has 0 bridgehead atoms. The van der Waals surface area contributed by atoms with E-state index in [1.165, 1.54) is 0 Å². The van der Waals surface area contributed by atoms with Gasteiger partial charge in [-0.05, 0) is 26.2 Å². The monoisotopic (exact) mass is 201 g/mol. The van der Waals surface area contributed by atoms with Crippen LogP contribution >= 0.6 is 0 Å². The zero-order valence-corrected chi connectivity index (χ0v) is 8.65. The van der Waals surface area contributed by atoms with Crippen molar-refractivity contribution in [1.29, 1.82) is 0 Å². The molecule has 0 spiro atoms. The lowest BCUT2D eigenvalue weighted by Crippen LogP contribution is -2.37. The van der Waals surface area contributed by atoms with Gasteiger partial charge in [0.1, 0.15) is 0 Å². The van der Waals surface area contributed by atoms with Crippen LogP contribution in [0.3, 0.4) is 0 Å². The van der Waals surface area contributed by atoms with E-state index in [0.717, 1.165) is 19.4 Å². The maximum absolute atomic E-state index is 11.6. The van der Waals surface area contributed by atoms with Crippen molar-refractivity contribution in [3.05, 3.63) is 0 Å².